The minimum absolute atomic E-state index is 0.156. The molecule has 2 heterocycles. The van der Waals surface area contributed by atoms with Gasteiger partial charge in [0.05, 0.1) is 11.4 Å². The molecule has 9 nitrogen and oxygen atoms in total. The molecule has 29 heavy (non-hydrogen) atoms. The number of nitrogen functional groups attached to an aromatic ring is 1. The predicted molar refractivity (Wildman–Crippen MR) is 112 cm³/mol. The molecule has 0 atom stereocenters. The highest BCUT2D eigenvalue weighted by atomic mass is 32.2. The van der Waals surface area contributed by atoms with Crippen LogP contribution in [0.3, 0.4) is 0 Å². The van der Waals surface area contributed by atoms with E-state index in [1.807, 2.05) is 62.4 Å². The molecule has 0 bridgehead atoms. The fraction of sp³-hybridized carbons (Fsp3) is 0.158. The monoisotopic (exact) mass is 405 g/mol. The van der Waals surface area contributed by atoms with Crippen LogP contribution in [-0.2, 0) is 5.75 Å². The van der Waals surface area contributed by atoms with E-state index in [1.165, 1.54) is 17.3 Å². The number of tetrazole rings is 1. The maximum absolute atomic E-state index is 5.87. The van der Waals surface area contributed by atoms with Crippen molar-refractivity contribution in [2.45, 2.75) is 24.8 Å². The van der Waals surface area contributed by atoms with E-state index >= 15 is 0 Å². The molecule has 0 unspecified atom stereocenters. The van der Waals surface area contributed by atoms with Gasteiger partial charge in [-0.3, -0.25) is 0 Å². The molecule has 0 saturated heterocycles. The molecule has 0 aliphatic carbocycles. The molecule has 4 aromatic rings. The zero-order chi connectivity index (χ0) is 20.2. The molecule has 10 heteroatoms. The molecule has 0 amide bonds. The molecule has 2 aromatic heterocycles. The summed E-state index contributed by atoms with van der Waals surface area (Å²) in [5.41, 5.74) is 9.93. The van der Waals surface area contributed by atoms with Crippen molar-refractivity contribution in [3.8, 4) is 5.69 Å². The van der Waals surface area contributed by atoms with Gasteiger partial charge in [0.25, 0.3) is 0 Å². The fourth-order valence-electron chi connectivity index (χ4n) is 2.67. The SMILES string of the molecule is Cc1ccc(Nc2nc(N)nc(CSc3nnnn3-c3ccccc3C)n2)cc1. The minimum Gasteiger partial charge on any atom is -0.368 e. The summed E-state index contributed by atoms with van der Waals surface area (Å²) in [6, 6.07) is 15.9. The number of benzene rings is 2. The Kier molecular flexibility index (Phi) is 5.34. The highest BCUT2D eigenvalue weighted by Gasteiger charge is 2.13. The number of para-hydroxylation sites is 1. The van der Waals surface area contributed by atoms with Crippen molar-refractivity contribution in [1.82, 2.24) is 35.2 Å². The van der Waals surface area contributed by atoms with Crippen LogP contribution in [0.2, 0.25) is 0 Å². The lowest BCUT2D eigenvalue weighted by Crippen LogP contribution is -2.07. The average molecular weight is 405 g/mol. The summed E-state index contributed by atoms with van der Waals surface area (Å²) in [6.45, 7) is 4.05. The van der Waals surface area contributed by atoms with E-state index in [0.717, 1.165) is 16.9 Å². The van der Waals surface area contributed by atoms with Gasteiger partial charge in [0.2, 0.25) is 17.1 Å². The zero-order valence-electron chi connectivity index (χ0n) is 15.9. The molecule has 2 aromatic carbocycles. The van der Waals surface area contributed by atoms with Gasteiger partial charge in [-0.1, -0.05) is 47.7 Å². The number of rotatable bonds is 6. The van der Waals surface area contributed by atoms with Crippen molar-refractivity contribution in [2.75, 3.05) is 11.1 Å². The molecule has 0 fully saturated rings. The summed E-state index contributed by atoms with van der Waals surface area (Å²) in [7, 11) is 0. The van der Waals surface area contributed by atoms with E-state index < -0.39 is 0 Å². The first kappa shape index (κ1) is 18.8. The minimum atomic E-state index is 0.156. The molecular weight excluding hydrogens is 386 g/mol. The van der Waals surface area contributed by atoms with Gasteiger partial charge in [0.15, 0.2) is 0 Å². The Morgan fingerprint density at radius 2 is 1.79 bits per heavy atom. The molecule has 4 rings (SSSR count). The van der Waals surface area contributed by atoms with Crippen LogP contribution in [0.5, 0.6) is 0 Å². The van der Waals surface area contributed by atoms with Crippen LogP contribution in [0.1, 0.15) is 17.0 Å². The van der Waals surface area contributed by atoms with Gasteiger partial charge in [-0.05, 0) is 48.0 Å². The molecule has 0 spiro atoms. The number of nitrogens with one attached hydrogen (secondary N) is 1. The van der Waals surface area contributed by atoms with Gasteiger partial charge in [-0.25, -0.2) is 0 Å². The van der Waals surface area contributed by atoms with Gasteiger partial charge in [0, 0.05) is 5.69 Å². The third-order valence-corrected chi connectivity index (χ3v) is 5.04. The summed E-state index contributed by atoms with van der Waals surface area (Å²) < 4.78 is 1.70. The Morgan fingerprint density at radius 1 is 1.00 bits per heavy atom. The van der Waals surface area contributed by atoms with E-state index in [-0.39, 0.29) is 5.95 Å². The smallest absolute Gasteiger partial charge is 0.232 e. The van der Waals surface area contributed by atoms with E-state index in [9.17, 15) is 0 Å². The average Bonchev–Trinajstić information content (AvgIpc) is 3.16. The van der Waals surface area contributed by atoms with Crippen molar-refractivity contribution in [2.24, 2.45) is 0 Å². The number of aromatic nitrogens is 7. The van der Waals surface area contributed by atoms with Gasteiger partial charge in [0.1, 0.15) is 5.82 Å². The van der Waals surface area contributed by atoms with Gasteiger partial charge >= 0.3 is 0 Å². The van der Waals surface area contributed by atoms with Crippen molar-refractivity contribution < 1.29 is 0 Å². The normalized spacial score (nSPS) is 10.8. The lowest BCUT2D eigenvalue weighted by molar-refractivity contribution is 0.751. The number of nitrogens with two attached hydrogens (primary N) is 1. The van der Waals surface area contributed by atoms with Crippen LogP contribution in [0.4, 0.5) is 17.6 Å². The van der Waals surface area contributed by atoms with Crippen LogP contribution in [-0.4, -0.2) is 35.2 Å². The first-order valence-electron chi connectivity index (χ1n) is 8.90. The van der Waals surface area contributed by atoms with E-state index in [4.69, 9.17) is 5.73 Å². The number of nitrogens with zero attached hydrogens (tertiary/aromatic N) is 7. The van der Waals surface area contributed by atoms with Gasteiger partial charge in [-0.2, -0.15) is 19.6 Å². The molecular formula is C19H19N9S. The molecule has 146 valence electrons. The lowest BCUT2D eigenvalue weighted by atomic mass is 10.2. The summed E-state index contributed by atoms with van der Waals surface area (Å²) in [5.74, 6) is 1.54. The number of anilines is 3. The van der Waals surface area contributed by atoms with Gasteiger partial charge < -0.3 is 11.1 Å². The van der Waals surface area contributed by atoms with E-state index in [0.29, 0.717) is 22.7 Å². The highest BCUT2D eigenvalue weighted by Crippen LogP contribution is 2.23. The van der Waals surface area contributed by atoms with Crippen LogP contribution < -0.4 is 11.1 Å². The first-order valence-corrected chi connectivity index (χ1v) is 9.88. The van der Waals surface area contributed by atoms with Crippen molar-refractivity contribution in [3.05, 3.63) is 65.5 Å². The maximum Gasteiger partial charge on any atom is 0.232 e. The Labute approximate surface area is 171 Å². The third kappa shape index (κ3) is 4.49. The van der Waals surface area contributed by atoms with Crippen LogP contribution in [0, 0.1) is 13.8 Å². The topological polar surface area (TPSA) is 120 Å². The van der Waals surface area contributed by atoms with Crippen molar-refractivity contribution in [3.63, 3.8) is 0 Å². The van der Waals surface area contributed by atoms with Crippen LogP contribution in [0.15, 0.2) is 53.7 Å². The van der Waals surface area contributed by atoms with Gasteiger partial charge in [-0.15, -0.1) is 5.10 Å². The molecule has 0 aliphatic heterocycles. The first-order chi connectivity index (χ1) is 14.1. The molecule has 3 N–H and O–H groups in total. The number of aryl methyl sites for hydroxylation is 2. The Hall–Kier alpha value is -3.53. The molecule has 0 radical (unpaired) electrons. The summed E-state index contributed by atoms with van der Waals surface area (Å²) >= 11 is 1.43. The second-order valence-electron chi connectivity index (χ2n) is 6.37. The Morgan fingerprint density at radius 3 is 2.59 bits per heavy atom. The third-order valence-electron chi connectivity index (χ3n) is 4.12. The zero-order valence-corrected chi connectivity index (χ0v) is 16.8. The second-order valence-corrected chi connectivity index (χ2v) is 7.32. The summed E-state index contributed by atoms with van der Waals surface area (Å²) in [6.07, 6.45) is 0. The Bertz CT molecular complexity index is 1120. The Balaban J connectivity index is 1.51. The maximum atomic E-state index is 5.87. The fourth-order valence-corrected chi connectivity index (χ4v) is 3.41. The van der Waals surface area contributed by atoms with Crippen molar-refractivity contribution >= 4 is 29.3 Å². The van der Waals surface area contributed by atoms with Crippen molar-refractivity contribution in [1.29, 1.82) is 0 Å². The summed E-state index contributed by atoms with van der Waals surface area (Å²) in [5, 5.41) is 15.8. The number of hydrogen-bond acceptors (Lipinski definition) is 9. The lowest BCUT2D eigenvalue weighted by Gasteiger charge is -2.08. The van der Waals surface area contributed by atoms with Crippen LogP contribution >= 0.6 is 11.8 Å². The van der Waals surface area contributed by atoms with E-state index in [2.05, 4.69) is 35.8 Å². The van der Waals surface area contributed by atoms with E-state index in [1.54, 1.807) is 4.68 Å². The summed E-state index contributed by atoms with van der Waals surface area (Å²) in [4.78, 5) is 12.8. The predicted octanol–water partition coefficient (Wildman–Crippen LogP) is 3.08. The second kappa shape index (κ2) is 8.23. The molecule has 0 saturated carbocycles. The highest BCUT2D eigenvalue weighted by molar-refractivity contribution is 7.98. The standard InChI is InChI=1S/C19H19N9S/c1-12-7-9-14(10-8-12)21-18-23-16(22-17(20)24-18)11-29-19-25-26-27-28(19)15-6-4-3-5-13(15)2/h3-10H,11H2,1-2H3,(H3,20,21,22,23,24). The number of hydrogen-bond donors (Lipinski definition) is 2. The largest absolute Gasteiger partial charge is 0.368 e. The molecule has 0 aliphatic rings. The van der Waals surface area contributed by atoms with Crippen LogP contribution in [0.25, 0.3) is 5.69 Å². The number of thioether (sulfide) groups is 1. The quantitative estimate of drug-likeness (QED) is 0.466.